The lowest BCUT2D eigenvalue weighted by Crippen LogP contribution is -2.02. The van der Waals surface area contributed by atoms with E-state index in [0.717, 1.165) is 16.8 Å². The van der Waals surface area contributed by atoms with E-state index in [-0.39, 0.29) is 5.57 Å². The summed E-state index contributed by atoms with van der Waals surface area (Å²) in [5, 5.41) is 13.9. The number of ether oxygens (including phenoxy) is 1. The fraction of sp³-hybridized carbons (Fsp3) is 0.235. The molecule has 0 amide bonds. The van der Waals surface area contributed by atoms with Crippen molar-refractivity contribution in [3.05, 3.63) is 51.3 Å². The fourth-order valence-corrected chi connectivity index (χ4v) is 2.49. The molecule has 0 saturated heterocycles. The first kappa shape index (κ1) is 16.8. The highest BCUT2D eigenvalue weighted by Crippen LogP contribution is 2.27. The minimum Gasteiger partial charge on any atom is -0.465 e. The van der Waals surface area contributed by atoms with Crippen LogP contribution in [0.5, 0.6) is 0 Å². The number of carbonyl (C=O) groups is 1. The third kappa shape index (κ3) is 3.27. The van der Waals surface area contributed by atoms with E-state index < -0.39 is 5.97 Å². The Morgan fingerprint density at radius 3 is 2.70 bits per heavy atom. The molecule has 118 valence electrons. The SMILES string of the molecule is COC(=O)/C(C#N)=C/c1c(C)nn(-c2cc(C)ccc2C)c1Cl. The number of methoxy groups -OCH3 is 1. The molecule has 2 rings (SSSR count). The Hall–Kier alpha value is -2.58. The number of aromatic nitrogens is 2. The molecule has 0 aliphatic carbocycles. The summed E-state index contributed by atoms with van der Waals surface area (Å²) >= 11 is 6.43. The van der Waals surface area contributed by atoms with E-state index in [4.69, 9.17) is 16.9 Å². The smallest absolute Gasteiger partial charge is 0.348 e. The van der Waals surface area contributed by atoms with Crippen LogP contribution >= 0.6 is 11.6 Å². The van der Waals surface area contributed by atoms with Crippen molar-refractivity contribution < 1.29 is 9.53 Å². The van der Waals surface area contributed by atoms with Gasteiger partial charge in [-0.15, -0.1) is 0 Å². The van der Waals surface area contributed by atoms with Gasteiger partial charge in [-0.3, -0.25) is 0 Å². The lowest BCUT2D eigenvalue weighted by molar-refractivity contribution is -0.135. The van der Waals surface area contributed by atoms with Gasteiger partial charge in [-0.25, -0.2) is 9.48 Å². The number of nitrogens with zero attached hydrogens (tertiary/aromatic N) is 3. The van der Waals surface area contributed by atoms with Crippen LogP contribution in [0.15, 0.2) is 23.8 Å². The molecule has 6 heteroatoms. The largest absolute Gasteiger partial charge is 0.465 e. The van der Waals surface area contributed by atoms with Crippen LogP contribution in [0.3, 0.4) is 0 Å². The zero-order chi connectivity index (χ0) is 17.1. The van der Waals surface area contributed by atoms with Gasteiger partial charge in [0, 0.05) is 5.56 Å². The molecule has 5 nitrogen and oxygen atoms in total. The van der Waals surface area contributed by atoms with E-state index in [1.807, 2.05) is 38.1 Å². The fourth-order valence-electron chi connectivity index (χ4n) is 2.17. The summed E-state index contributed by atoms with van der Waals surface area (Å²) in [6.07, 6.45) is 1.40. The van der Waals surface area contributed by atoms with Crippen LogP contribution in [0.1, 0.15) is 22.4 Å². The van der Waals surface area contributed by atoms with Gasteiger partial charge in [0.05, 0.1) is 18.5 Å². The average Bonchev–Trinajstić information content (AvgIpc) is 2.81. The monoisotopic (exact) mass is 329 g/mol. The first-order valence-corrected chi connectivity index (χ1v) is 7.29. The molecule has 0 aliphatic rings. The lowest BCUT2D eigenvalue weighted by Gasteiger charge is -2.08. The van der Waals surface area contributed by atoms with E-state index in [0.29, 0.717) is 16.4 Å². The molecule has 1 heterocycles. The van der Waals surface area contributed by atoms with Crippen molar-refractivity contribution >= 4 is 23.6 Å². The van der Waals surface area contributed by atoms with Crippen molar-refractivity contribution in [2.24, 2.45) is 0 Å². The molecule has 1 aromatic heterocycles. The van der Waals surface area contributed by atoms with Gasteiger partial charge < -0.3 is 4.74 Å². The van der Waals surface area contributed by atoms with Gasteiger partial charge in [0.15, 0.2) is 0 Å². The number of nitriles is 1. The summed E-state index contributed by atoms with van der Waals surface area (Å²) in [6, 6.07) is 7.79. The van der Waals surface area contributed by atoms with Crippen molar-refractivity contribution in [1.82, 2.24) is 9.78 Å². The van der Waals surface area contributed by atoms with Crippen molar-refractivity contribution in [3.63, 3.8) is 0 Å². The maximum absolute atomic E-state index is 11.6. The van der Waals surface area contributed by atoms with E-state index in [9.17, 15) is 4.79 Å². The zero-order valence-electron chi connectivity index (χ0n) is 13.3. The lowest BCUT2D eigenvalue weighted by atomic mass is 10.1. The Morgan fingerprint density at radius 2 is 2.09 bits per heavy atom. The molecule has 23 heavy (non-hydrogen) atoms. The third-order valence-electron chi connectivity index (χ3n) is 3.46. The van der Waals surface area contributed by atoms with Gasteiger partial charge in [-0.05, 0) is 44.0 Å². The number of benzene rings is 1. The maximum Gasteiger partial charge on any atom is 0.348 e. The van der Waals surface area contributed by atoms with Gasteiger partial charge in [0.1, 0.15) is 16.8 Å². The predicted octanol–water partition coefficient (Wildman–Crippen LogP) is 3.53. The van der Waals surface area contributed by atoms with Gasteiger partial charge in [-0.2, -0.15) is 10.4 Å². The summed E-state index contributed by atoms with van der Waals surface area (Å²) < 4.78 is 6.19. The van der Waals surface area contributed by atoms with Gasteiger partial charge in [0.2, 0.25) is 0 Å². The number of hydrogen-bond donors (Lipinski definition) is 0. The number of rotatable bonds is 3. The van der Waals surface area contributed by atoms with Crippen LogP contribution in [0.2, 0.25) is 5.15 Å². The summed E-state index contributed by atoms with van der Waals surface area (Å²) in [6.45, 7) is 5.72. The van der Waals surface area contributed by atoms with Crippen molar-refractivity contribution in [2.45, 2.75) is 20.8 Å². The number of esters is 1. The van der Waals surface area contributed by atoms with E-state index in [2.05, 4.69) is 9.84 Å². The van der Waals surface area contributed by atoms with Gasteiger partial charge in [-0.1, -0.05) is 23.7 Å². The Bertz CT molecular complexity index is 844. The molecule has 0 fully saturated rings. The number of hydrogen-bond acceptors (Lipinski definition) is 4. The summed E-state index contributed by atoms with van der Waals surface area (Å²) in [5.74, 6) is -0.706. The number of halogens is 1. The standard InChI is InChI=1S/C17H16ClN3O2/c1-10-5-6-11(2)15(7-10)21-16(18)14(12(3)20-21)8-13(9-19)17(22)23-4/h5-8H,1-4H3/b13-8+. The molecular weight excluding hydrogens is 314 g/mol. The van der Waals surface area contributed by atoms with E-state index >= 15 is 0 Å². The normalized spacial score (nSPS) is 11.2. The van der Waals surface area contributed by atoms with Crippen molar-refractivity contribution in [1.29, 1.82) is 5.26 Å². The minimum absolute atomic E-state index is 0.127. The Labute approximate surface area is 139 Å². The molecule has 0 radical (unpaired) electrons. The van der Waals surface area contributed by atoms with Gasteiger partial charge in [0.25, 0.3) is 0 Å². The van der Waals surface area contributed by atoms with E-state index in [1.165, 1.54) is 13.2 Å². The molecule has 0 spiro atoms. The molecular formula is C17H16ClN3O2. The van der Waals surface area contributed by atoms with Crippen LogP contribution in [0.4, 0.5) is 0 Å². The second-order valence-electron chi connectivity index (χ2n) is 5.15. The molecule has 0 atom stereocenters. The Morgan fingerprint density at radius 1 is 1.39 bits per heavy atom. The highest BCUT2D eigenvalue weighted by Gasteiger charge is 2.17. The summed E-state index contributed by atoms with van der Waals surface area (Å²) in [5.41, 5.74) is 3.97. The second-order valence-corrected chi connectivity index (χ2v) is 5.51. The summed E-state index contributed by atoms with van der Waals surface area (Å²) in [4.78, 5) is 11.6. The van der Waals surface area contributed by atoms with Crippen LogP contribution in [-0.4, -0.2) is 22.9 Å². The second kappa shape index (κ2) is 6.67. The molecule has 2 aromatic rings. The van der Waals surface area contributed by atoms with Crippen LogP contribution in [0, 0.1) is 32.1 Å². The minimum atomic E-state index is -0.706. The maximum atomic E-state index is 11.6. The zero-order valence-corrected chi connectivity index (χ0v) is 14.1. The van der Waals surface area contributed by atoms with Crippen LogP contribution < -0.4 is 0 Å². The molecule has 0 N–H and O–H groups in total. The van der Waals surface area contributed by atoms with E-state index in [1.54, 1.807) is 11.6 Å². The quantitative estimate of drug-likeness (QED) is 0.491. The van der Waals surface area contributed by atoms with Crippen LogP contribution in [0.25, 0.3) is 11.8 Å². The molecule has 0 bridgehead atoms. The first-order chi connectivity index (χ1) is 10.9. The van der Waals surface area contributed by atoms with Crippen molar-refractivity contribution in [2.75, 3.05) is 7.11 Å². The highest BCUT2D eigenvalue weighted by molar-refractivity contribution is 6.31. The highest BCUT2D eigenvalue weighted by atomic mass is 35.5. The van der Waals surface area contributed by atoms with Crippen LogP contribution in [-0.2, 0) is 9.53 Å². The Kier molecular flexibility index (Phi) is 4.87. The molecule has 0 aliphatic heterocycles. The third-order valence-corrected chi connectivity index (χ3v) is 3.82. The summed E-state index contributed by atoms with van der Waals surface area (Å²) in [7, 11) is 1.22. The van der Waals surface area contributed by atoms with Gasteiger partial charge >= 0.3 is 5.97 Å². The first-order valence-electron chi connectivity index (χ1n) is 6.92. The molecule has 0 unspecified atom stereocenters. The number of aryl methyl sites for hydroxylation is 3. The molecule has 0 saturated carbocycles. The Balaban J connectivity index is 2.61. The number of carbonyl (C=O) groups excluding carboxylic acids is 1. The topological polar surface area (TPSA) is 67.9 Å². The predicted molar refractivity (Wildman–Crippen MR) is 88.4 cm³/mol. The molecule has 1 aromatic carbocycles. The van der Waals surface area contributed by atoms with Crippen molar-refractivity contribution in [3.8, 4) is 11.8 Å². The average molecular weight is 330 g/mol.